The van der Waals surface area contributed by atoms with E-state index in [1.54, 1.807) is 0 Å². The number of nitrogens with one attached hydrogen (secondary N) is 1. The summed E-state index contributed by atoms with van der Waals surface area (Å²) in [6, 6.07) is 1.90. The molecule has 0 spiro atoms. The first-order valence-corrected chi connectivity index (χ1v) is 6.74. The van der Waals surface area contributed by atoms with E-state index in [2.05, 4.69) is 21.4 Å². The molecule has 94 valence electrons. The molecule has 18 heavy (non-hydrogen) atoms. The molecule has 0 saturated carbocycles. The summed E-state index contributed by atoms with van der Waals surface area (Å²) in [5, 5.41) is 12.7. The molecule has 0 unspecified atom stereocenters. The van der Waals surface area contributed by atoms with Gasteiger partial charge in [-0.2, -0.15) is 0 Å². The minimum atomic E-state index is 0.00945. The van der Waals surface area contributed by atoms with Crippen molar-refractivity contribution in [1.82, 2.24) is 5.43 Å². The number of rotatable bonds is 5. The Kier molecular flexibility index (Phi) is 7.84. The standard InChI is InChI=1S/C13H15N4.W/c1-6-10(2)12(4)11(3)8-16-17-13(7-14)9-15-5;/h16H,9H2,1-4H3;/q-1;/b12-11-,17-13-;. The second-order valence-electron chi connectivity index (χ2n) is 3.55. The van der Waals surface area contributed by atoms with Crippen LogP contribution in [0.5, 0.6) is 0 Å². The van der Waals surface area contributed by atoms with Crippen molar-refractivity contribution in [2.24, 2.45) is 5.10 Å². The Hall–Kier alpha value is -1.51. The van der Waals surface area contributed by atoms with Crippen molar-refractivity contribution in [3.05, 3.63) is 34.2 Å². The fourth-order valence-electron chi connectivity index (χ4n) is 1.01. The van der Waals surface area contributed by atoms with Gasteiger partial charge in [0.25, 0.3) is 0 Å². The summed E-state index contributed by atoms with van der Waals surface area (Å²) in [6.45, 7) is 14.6. The van der Waals surface area contributed by atoms with E-state index < -0.39 is 0 Å². The number of hydrogen-bond acceptors (Lipinski definition) is 3. The van der Waals surface area contributed by atoms with Gasteiger partial charge in [-0.1, -0.05) is 0 Å². The number of allylic oxidation sites excluding steroid dienone is 3. The third-order valence-corrected chi connectivity index (χ3v) is 3.92. The van der Waals surface area contributed by atoms with Crippen LogP contribution in [0.4, 0.5) is 0 Å². The number of nitrogens with zero attached hydrogens (tertiary/aromatic N) is 3. The van der Waals surface area contributed by atoms with Crippen LogP contribution in [-0.2, 0) is 19.4 Å². The third kappa shape index (κ3) is 5.21. The second kappa shape index (κ2) is 8.56. The first-order chi connectivity index (χ1) is 8.47. The van der Waals surface area contributed by atoms with Gasteiger partial charge in [0.15, 0.2) is 0 Å². The van der Waals surface area contributed by atoms with Crippen LogP contribution >= 0.6 is 0 Å². The minimum absolute atomic E-state index is 0.00945. The maximum atomic E-state index is 8.75. The van der Waals surface area contributed by atoms with E-state index in [-0.39, 0.29) is 12.3 Å². The van der Waals surface area contributed by atoms with Crippen LogP contribution < -0.4 is 5.43 Å². The molecule has 0 bridgehead atoms. The molecular weight excluding hydrogens is 396 g/mol. The quantitative estimate of drug-likeness (QED) is 0.327. The Morgan fingerprint density at radius 1 is 1.44 bits per heavy atom. The SMILES string of the molecule is [C-]#[N+]C/C(C#N)=N\N[C](=[W])/C(C)=C(/C)C(C)=[C-]C. The van der Waals surface area contributed by atoms with E-state index in [0.29, 0.717) is 0 Å². The Labute approximate surface area is 119 Å². The molecule has 0 amide bonds. The summed E-state index contributed by atoms with van der Waals surface area (Å²) >= 11 is 1.23. The van der Waals surface area contributed by atoms with Gasteiger partial charge >= 0.3 is 119 Å². The second-order valence-corrected chi connectivity index (χ2v) is 5.02. The molecule has 0 saturated heterocycles. The molecule has 5 heteroatoms. The van der Waals surface area contributed by atoms with Gasteiger partial charge in [0.2, 0.25) is 0 Å². The van der Waals surface area contributed by atoms with E-state index in [9.17, 15) is 0 Å². The van der Waals surface area contributed by atoms with Gasteiger partial charge in [0.05, 0.1) is 0 Å². The van der Waals surface area contributed by atoms with Gasteiger partial charge in [-0.05, 0) is 0 Å². The van der Waals surface area contributed by atoms with Crippen molar-refractivity contribution in [3.63, 3.8) is 0 Å². The molecule has 0 aliphatic heterocycles. The number of nitriles is 1. The zero-order chi connectivity index (χ0) is 14.1. The van der Waals surface area contributed by atoms with Crippen LogP contribution in [0.3, 0.4) is 0 Å². The predicted molar refractivity (Wildman–Crippen MR) is 69.1 cm³/mol. The molecule has 0 radical (unpaired) electrons. The molecular formula is C13H15N4W-. The van der Waals surface area contributed by atoms with Gasteiger partial charge in [0, 0.05) is 0 Å². The van der Waals surface area contributed by atoms with E-state index in [0.717, 1.165) is 20.7 Å². The summed E-state index contributed by atoms with van der Waals surface area (Å²) in [5.41, 5.74) is 6.39. The van der Waals surface area contributed by atoms with Crippen LogP contribution in [0, 0.1) is 24.0 Å². The predicted octanol–water partition coefficient (Wildman–Crippen LogP) is 2.16. The average molecular weight is 411 g/mol. The number of hydrogen-bond donors (Lipinski definition) is 1. The van der Waals surface area contributed by atoms with Crippen molar-refractivity contribution >= 4 is 9.73 Å². The Morgan fingerprint density at radius 2 is 2.06 bits per heavy atom. The summed E-state index contributed by atoms with van der Waals surface area (Å²) in [4.78, 5) is 3.13. The Morgan fingerprint density at radius 3 is 2.50 bits per heavy atom. The molecule has 0 aliphatic rings. The first-order valence-electron chi connectivity index (χ1n) is 5.27. The molecule has 0 heterocycles. The average Bonchev–Trinajstić information content (AvgIpc) is 2.40. The zero-order valence-electron chi connectivity index (χ0n) is 11.0. The fourth-order valence-corrected chi connectivity index (χ4v) is 1.73. The molecule has 0 aromatic heterocycles. The molecule has 0 aromatic carbocycles. The molecule has 0 atom stereocenters. The number of hydrazone groups is 1. The van der Waals surface area contributed by atoms with Gasteiger partial charge in [-0.3, -0.25) is 0 Å². The third-order valence-electron chi connectivity index (χ3n) is 2.49. The van der Waals surface area contributed by atoms with Crippen molar-refractivity contribution in [2.75, 3.05) is 6.54 Å². The molecule has 0 aliphatic carbocycles. The Bertz CT molecular complexity index is 498. The summed E-state index contributed by atoms with van der Waals surface area (Å²) in [7, 11) is 0. The van der Waals surface area contributed by atoms with Crippen LogP contribution in [0.15, 0.2) is 21.8 Å². The summed E-state index contributed by atoms with van der Waals surface area (Å²) < 4.78 is 0.944. The van der Waals surface area contributed by atoms with Crippen molar-refractivity contribution in [2.45, 2.75) is 27.7 Å². The van der Waals surface area contributed by atoms with Gasteiger partial charge in [-0.15, -0.1) is 0 Å². The van der Waals surface area contributed by atoms with Crippen LogP contribution in [0.25, 0.3) is 4.85 Å². The van der Waals surface area contributed by atoms with Gasteiger partial charge in [0.1, 0.15) is 0 Å². The van der Waals surface area contributed by atoms with E-state index in [1.807, 2.05) is 33.8 Å². The molecule has 4 nitrogen and oxygen atoms in total. The Balaban J connectivity index is 4.92. The van der Waals surface area contributed by atoms with Crippen LogP contribution in [-0.4, -0.2) is 16.3 Å². The molecule has 0 fully saturated rings. The summed E-state index contributed by atoms with van der Waals surface area (Å²) in [6.07, 6.45) is 3.10. The monoisotopic (exact) mass is 411 g/mol. The van der Waals surface area contributed by atoms with Crippen molar-refractivity contribution < 1.29 is 19.4 Å². The van der Waals surface area contributed by atoms with Crippen molar-refractivity contribution in [1.29, 1.82) is 5.26 Å². The van der Waals surface area contributed by atoms with Gasteiger partial charge in [-0.25, -0.2) is 0 Å². The van der Waals surface area contributed by atoms with Crippen LogP contribution in [0.2, 0.25) is 0 Å². The normalized spacial score (nSPS) is 13.2. The van der Waals surface area contributed by atoms with Crippen LogP contribution in [0.1, 0.15) is 27.7 Å². The molecule has 1 N–H and O–H groups in total. The zero-order valence-corrected chi connectivity index (χ0v) is 13.9. The fraction of sp³-hybridized carbons (Fsp3) is 0.385. The van der Waals surface area contributed by atoms with Gasteiger partial charge < -0.3 is 0 Å². The van der Waals surface area contributed by atoms with E-state index >= 15 is 0 Å². The topological polar surface area (TPSA) is 52.5 Å². The molecule has 0 aromatic rings. The van der Waals surface area contributed by atoms with E-state index in [4.69, 9.17) is 11.8 Å². The molecule has 0 rings (SSSR count). The van der Waals surface area contributed by atoms with E-state index in [1.165, 1.54) is 19.4 Å². The first kappa shape index (κ1) is 16.5. The van der Waals surface area contributed by atoms with Crippen molar-refractivity contribution in [3.8, 4) is 6.07 Å². The summed E-state index contributed by atoms with van der Waals surface area (Å²) in [5.74, 6) is 0. The maximum absolute atomic E-state index is 8.75.